The first-order valence-corrected chi connectivity index (χ1v) is 17.8. The van der Waals surface area contributed by atoms with E-state index in [-0.39, 0.29) is 42.3 Å². The minimum Gasteiger partial charge on any atom is -0.478 e. The first kappa shape index (κ1) is 42.8. The predicted molar refractivity (Wildman–Crippen MR) is 203 cm³/mol. The molecule has 0 radical (unpaired) electrons. The zero-order valence-corrected chi connectivity index (χ0v) is 31.8. The second-order valence-corrected chi connectivity index (χ2v) is 13.5. The predicted octanol–water partition coefficient (Wildman–Crippen LogP) is 8.22. The highest BCUT2D eigenvalue weighted by Crippen LogP contribution is 2.29. The number of aromatic carboxylic acids is 1. The summed E-state index contributed by atoms with van der Waals surface area (Å²) in [7, 11) is 0. The Balaban J connectivity index is 0.000000309. The van der Waals surface area contributed by atoms with Crippen molar-refractivity contribution in [2.75, 3.05) is 5.32 Å². The van der Waals surface area contributed by atoms with Crippen molar-refractivity contribution in [3.8, 4) is 11.4 Å². The fourth-order valence-electron chi connectivity index (χ4n) is 5.26. The van der Waals surface area contributed by atoms with Gasteiger partial charge in [0.2, 0.25) is 11.8 Å². The molecule has 0 saturated heterocycles. The van der Waals surface area contributed by atoms with Gasteiger partial charge in [-0.1, -0.05) is 39.3 Å². The van der Waals surface area contributed by atoms with Gasteiger partial charge in [0.25, 0.3) is 18.8 Å². The van der Waals surface area contributed by atoms with Gasteiger partial charge in [0.05, 0.1) is 22.2 Å². The van der Waals surface area contributed by atoms with Crippen LogP contribution in [0.25, 0.3) is 22.4 Å². The Bertz CT molecular complexity index is 2210. The average Bonchev–Trinajstić information content (AvgIpc) is 3.53. The smallest absolute Gasteiger partial charge is 0.337 e. The second kappa shape index (κ2) is 19.1. The zero-order chi connectivity index (χ0) is 41.3. The Morgan fingerprint density at radius 2 is 1.29 bits per heavy atom. The SMILES string of the molecule is CC(C)C(=O)NCc1cnc(C(F)F)c(C(=O)O)c1.CCn1c(-c2ccc(Cl)cc2)nc2cc(NC(=O)c3cc(CNC(=O)C(C)C)cnc3C(F)F)ccc21. The van der Waals surface area contributed by atoms with E-state index in [0.717, 1.165) is 29.2 Å². The van der Waals surface area contributed by atoms with Gasteiger partial charge in [-0.3, -0.25) is 24.4 Å². The maximum absolute atomic E-state index is 13.6. The molecule has 3 heterocycles. The van der Waals surface area contributed by atoms with Gasteiger partial charge in [-0.2, -0.15) is 0 Å². The molecular formula is C39H40ClF4N7O5. The number of aromatic nitrogens is 4. The number of carbonyl (C=O) groups is 4. The van der Waals surface area contributed by atoms with Gasteiger partial charge < -0.3 is 25.6 Å². The van der Waals surface area contributed by atoms with Gasteiger partial charge in [0.1, 0.15) is 17.2 Å². The molecule has 3 aromatic heterocycles. The number of alkyl halides is 4. The van der Waals surface area contributed by atoms with E-state index in [9.17, 15) is 36.7 Å². The molecule has 0 aliphatic rings. The molecule has 296 valence electrons. The van der Waals surface area contributed by atoms with Gasteiger partial charge in [-0.05, 0) is 72.6 Å². The van der Waals surface area contributed by atoms with Gasteiger partial charge >= 0.3 is 5.97 Å². The molecule has 0 fully saturated rings. The number of pyridine rings is 2. The molecule has 12 nitrogen and oxygen atoms in total. The number of rotatable bonds is 13. The number of carbonyl (C=O) groups excluding carboxylic acids is 3. The molecule has 5 aromatic rings. The summed E-state index contributed by atoms with van der Waals surface area (Å²) >= 11 is 6.02. The number of imidazole rings is 1. The number of nitrogens with one attached hydrogen (secondary N) is 3. The number of amides is 3. The van der Waals surface area contributed by atoms with Gasteiger partial charge in [0, 0.05) is 60.1 Å². The average molecular weight is 798 g/mol. The van der Waals surface area contributed by atoms with Gasteiger partial charge in [-0.15, -0.1) is 0 Å². The first-order chi connectivity index (χ1) is 26.5. The molecule has 56 heavy (non-hydrogen) atoms. The lowest BCUT2D eigenvalue weighted by atomic mass is 10.1. The topological polar surface area (TPSA) is 168 Å². The first-order valence-electron chi connectivity index (χ1n) is 17.4. The summed E-state index contributed by atoms with van der Waals surface area (Å²) in [5.74, 6) is -2.31. The number of aryl methyl sites for hydroxylation is 1. The van der Waals surface area contributed by atoms with Gasteiger partial charge in [-0.25, -0.2) is 27.3 Å². The number of nitrogens with zero attached hydrogens (tertiary/aromatic N) is 4. The lowest BCUT2D eigenvalue weighted by molar-refractivity contribution is -0.124. The third-order valence-corrected chi connectivity index (χ3v) is 8.50. The van der Waals surface area contributed by atoms with Gasteiger partial charge in [0.15, 0.2) is 0 Å². The minimum atomic E-state index is -2.95. The Hall–Kier alpha value is -5.90. The van der Waals surface area contributed by atoms with Crippen LogP contribution in [0.2, 0.25) is 5.02 Å². The highest BCUT2D eigenvalue weighted by molar-refractivity contribution is 6.30. The van der Waals surface area contributed by atoms with E-state index in [4.69, 9.17) is 21.7 Å². The third-order valence-electron chi connectivity index (χ3n) is 8.25. The molecular weight excluding hydrogens is 758 g/mol. The summed E-state index contributed by atoms with van der Waals surface area (Å²) in [6.07, 6.45) is -3.52. The zero-order valence-electron chi connectivity index (χ0n) is 31.0. The van der Waals surface area contributed by atoms with Crippen molar-refractivity contribution in [2.24, 2.45) is 11.8 Å². The maximum atomic E-state index is 13.6. The standard InChI is InChI=1S/C27H26ClF2N5O2.C12H14F2N2O3/c1-4-35-22-10-9-19(12-21(22)34-25(35)17-5-7-18(28)8-6-17)33-27(37)20-11-16(13-31-23(20)24(29)30)14-32-26(36)15(2)3;1-6(2)11(17)16-5-7-3-8(12(18)19)9(10(13)14)15-4-7/h5-13,15,24H,4,14H2,1-3H3,(H,32,36)(H,33,37);3-4,6,10H,5H2,1-2H3,(H,16,17)(H,18,19). The van der Waals surface area contributed by atoms with Crippen LogP contribution in [0.4, 0.5) is 23.2 Å². The minimum absolute atomic E-state index is 0.0494. The molecule has 0 aliphatic carbocycles. The summed E-state index contributed by atoms with van der Waals surface area (Å²) < 4.78 is 54.4. The Kier molecular flexibility index (Phi) is 14.6. The van der Waals surface area contributed by atoms with Crippen LogP contribution in [0.5, 0.6) is 0 Å². The monoisotopic (exact) mass is 797 g/mol. The summed E-state index contributed by atoms with van der Waals surface area (Å²) in [6, 6.07) is 15.0. The van der Waals surface area contributed by atoms with Crippen LogP contribution in [0.1, 0.15) is 90.7 Å². The molecule has 0 atom stereocenters. The summed E-state index contributed by atoms with van der Waals surface area (Å²) in [5.41, 5.74) is 1.39. The quantitative estimate of drug-likeness (QED) is 0.0865. The van der Waals surface area contributed by atoms with Crippen molar-refractivity contribution in [2.45, 2.75) is 67.1 Å². The van der Waals surface area contributed by atoms with Crippen LogP contribution in [0.3, 0.4) is 0 Å². The molecule has 5 rings (SSSR count). The van der Waals surface area contributed by atoms with E-state index in [1.807, 2.05) is 29.7 Å². The van der Waals surface area contributed by atoms with Crippen molar-refractivity contribution in [1.29, 1.82) is 0 Å². The number of hydrogen-bond donors (Lipinski definition) is 4. The van der Waals surface area contributed by atoms with Crippen molar-refractivity contribution in [1.82, 2.24) is 30.2 Å². The van der Waals surface area contributed by atoms with Crippen LogP contribution >= 0.6 is 11.6 Å². The second-order valence-electron chi connectivity index (χ2n) is 13.0. The number of halogens is 5. The molecule has 4 N–H and O–H groups in total. The Morgan fingerprint density at radius 3 is 1.77 bits per heavy atom. The molecule has 0 bridgehead atoms. The number of carboxylic acids is 1. The molecule has 0 saturated carbocycles. The fraction of sp³-hybridized carbons (Fsp3) is 0.308. The number of carboxylic acid groups (broad SMARTS) is 1. The van der Waals surface area contributed by atoms with E-state index in [0.29, 0.717) is 33.9 Å². The lowest BCUT2D eigenvalue weighted by Crippen LogP contribution is -2.27. The molecule has 3 amide bonds. The molecule has 17 heteroatoms. The number of benzene rings is 2. The number of anilines is 1. The van der Waals surface area contributed by atoms with Crippen LogP contribution in [-0.2, 0) is 29.2 Å². The van der Waals surface area contributed by atoms with E-state index in [2.05, 4.69) is 25.9 Å². The van der Waals surface area contributed by atoms with Crippen molar-refractivity contribution < 1.29 is 41.8 Å². The largest absolute Gasteiger partial charge is 0.478 e. The summed E-state index contributed by atoms with van der Waals surface area (Å²) in [6.45, 7) is 9.69. The molecule has 2 aromatic carbocycles. The van der Waals surface area contributed by atoms with Crippen molar-refractivity contribution in [3.63, 3.8) is 0 Å². The van der Waals surface area contributed by atoms with E-state index < -0.39 is 41.7 Å². The highest BCUT2D eigenvalue weighted by Gasteiger charge is 2.23. The Morgan fingerprint density at radius 1 is 0.768 bits per heavy atom. The van der Waals surface area contributed by atoms with E-state index in [1.54, 1.807) is 52.0 Å². The maximum Gasteiger partial charge on any atom is 0.337 e. The van der Waals surface area contributed by atoms with E-state index >= 15 is 0 Å². The molecule has 0 unspecified atom stereocenters. The molecule has 0 aliphatic heterocycles. The number of fused-ring (bicyclic) bond motifs is 1. The third kappa shape index (κ3) is 10.9. The van der Waals surface area contributed by atoms with Crippen LogP contribution in [-0.4, -0.2) is 48.3 Å². The Labute approximate surface area is 324 Å². The van der Waals surface area contributed by atoms with Crippen molar-refractivity contribution >= 4 is 52.0 Å². The van der Waals surface area contributed by atoms with Crippen LogP contribution in [0, 0.1) is 11.8 Å². The molecule has 0 spiro atoms. The summed E-state index contributed by atoms with van der Waals surface area (Å²) in [4.78, 5) is 59.1. The van der Waals surface area contributed by atoms with Crippen molar-refractivity contribution in [3.05, 3.63) is 106 Å². The van der Waals surface area contributed by atoms with Crippen LogP contribution < -0.4 is 16.0 Å². The van der Waals surface area contributed by atoms with Crippen LogP contribution in [0.15, 0.2) is 67.0 Å². The normalized spacial score (nSPS) is 11.2. The number of hydrogen-bond acceptors (Lipinski definition) is 7. The summed E-state index contributed by atoms with van der Waals surface area (Å²) in [5, 5.41) is 17.4. The highest BCUT2D eigenvalue weighted by atomic mass is 35.5. The lowest BCUT2D eigenvalue weighted by Gasteiger charge is -2.12. The fourth-order valence-corrected chi connectivity index (χ4v) is 5.39. The van der Waals surface area contributed by atoms with E-state index in [1.165, 1.54) is 12.3 Å².